The molecule has 0 unspecified atom stereocenters. The maximum absolute atomic E-state index is 11.5. The maximum Gasteiger partial charge on any atom is 0.258 e. The molecular weight excluding hydrogens is 202 g/mol. The number of hydrogen-bond acceptors (Lipinski definition) is 3. The van der Waals surface area contributed by atoms with E-state index in [0.717, 1.165) is 0 Å². The zero-order valence-electron chi connectivity index (χ0n) is 7.76. The fourth-order valence-electron chi connectivity index (χ4n) is 1.34. The van der Waals surface area contributed by atoms with Gasteiger partial charge in [0.05, 0.1) is 5.39 Å². The van der Waals surface area contributed by atoms with Crippen LogP contribution >= 0.6 is 11.6 Å². The second-order valence-corrected chi connectivity index (χ2v) is 3.46. The average Bonchev–Trinajstić information content (AvgIpc) is 2.07. The van der Waals surface area contributed by atoms with Crippen LogP contribution in [0.4, 0.5) is 0 Å². The molecule has 0 saturated heterocycles. The summed E-state index contributed by atoms with van der Waals surface area (Å²) in [5.41, 5.74) is 0.983. The van der Waals surface area contributed by atoms with Gasteiger partial charge in [0.25, 0.3) is 5.56 Å². The zero-order chi connectivity index (χ0) is 10.3. The van der Waals surface area contributed by atoms with Gasteiger partial charge in [-0.2, -0.15) is 0 Å². The van der Waals surface area contributed by atoms with E-state index in [9.17, 15) is 4.79 Å². The third-order valence-corrected chi connectivity index (χ3v) is 2.16. The lowest BCUT2D eigenvalue weighted by molar-refractivity contribution is 1.05. The molecule has 2 heterocycles. The van der Waals surface area contributed by atoms with Crippen molar-refractivity contribution in [3.63, 3.8) is 0 Å². The Morgan fingerprint density at radius 1 is 1.36 bits per heavy atom. The average molecular weight is 210 g/mol. The van der Waals surface area contributed by atoms with Crippen molar-refractivity contribution >= 4 is 22.5 Å². The number of H-pyrrole nitrogens is 1. The highest BCUT2D eigenvalue weighted by Gasteiger charge is 2.07. The molecule has 2 aromatic heterocycles. The first-order valence-electron chi connectivity index (χ1n) is 4.11. The molecule has 1 N–H and O–H groups in total. The van der Waals surface area contributed by atoms with Crippen LogP contribution in [0.15, 0.2) is 10.9 Å². The van der Waals surface area contributed by atoms with Crippen molar-refractivity contribution in [1.29, 1.82) is 0 Å². The van der Waals surface area contributed by atoms with Crippen molar-refractivity contribution in [2.24, 2.45) is 0 Å². The minimum absolute atomic E-state index is 0.181. The van der Waals surface area contributed by atoms with Crippen LogP contribution in [0.25, 0.3) is 10.9 Å². The maximum atomic E-state index is 11.5. The molecule has 0 aliphatic rings. The number of aromatic nitrogens is 3. The van der Waals surface area contributed by atoms with Gasteiger partial charge in [0.2, 0.25) is 0 Å². The van der Waals surface area contributed by atoms with Crippen LogP contribution < -0.4 is 5.56 Å². The molecular formula is C9H8ClN3O. The first-order chi connectivity index (χ1) is 6.58. The van der Waals surface area contributed by atoms with Crippen molar-refractivity contribution in [2.45, 2.75) is 13.8 Å². The molecule has 0 bridgehead atoms. The summed E-state index contributed by atoms with van der Waals surface area (Å²) in [6.07, 6.45) is 0. The van der Waals surface area contributed by atoms with E-state index >= 15 is 0 Å². The molecule has 0 saturated carbocycles. The predicted molar refractivity (Wildman–Crippen MR) is 54.6 cm³/mol. The van der Waals surface area contributed by atoms with Crippen LogP contribution in [0.1, 0.15) is 11.5 Å². The topological polar surface area (TPSA) is 58.6 Å². The number of nitrogens with zero attached hydrogens (tertiary/aromatic N) is 2. The zero-order valence-corrected chi connectivity index (χ0v) is 8.51. The summed E-state index contributed by atoms with van der Waals surface area (Å²) in [7, 11) is 0. The van der Waals surface area contributed by atoms with Crippen LogP contribution in [-0.4, -0.2) is 15.0 Å². The minimum Gasteiger partial charge on any atom is -0.310 e. The molecule has 0 fully saturated rings. The second kappa shape index (κ2) is 3.06. The van der Waals surface area contributed by atoms with Gasteiger partial charge >= 0.3 is 0 Å². The van der Waals surface area contributed by atoms with Crippen molar-refractivity contribution in [3.05, 3.63) is 33.1 Å². The lowest BCUT2D eigenvalue weighted by Crippen LogP contribution is -2.10. The van der Waals surface area contributed by atoms with Crippen molar-refractivity contribution in [1.82, 2.24) is 15.0 Å². The fraction of sp³-hybridized carbons (Fsp3) is 0.222. The number of pyridine rings is 1. The number of aromatic amines is 1. The Bertz CT molecular complexity index is 562. The van der Waals surface area contributed by atoms with Crippen LogP contribution in [0.3, 0.4) is 0 Å². The van der Waals surface area contributed by atoms with Crippen LogP contribution in [0.2, 0.25) is 5.15 Å². The third-order valence-electron chi connectivity index (χ3n) is 1.90. The van der Waals surface area contributed by atoms with Crippen LogP contribution in [0, 0.1) is 13.8 Å². The summed E-state index contributed by atoms with van der Waals surface area (Å²) in [5, 5.41) is 0.752. The van der Waals surface area contributed by atoms with E-state index in [1.807, 2.05) is 0 Å². The third kappa shape index (κ3) is 1.37. The molecule has 2 aromatic rings. The van der Waals surface area contributed by atoms with E-state index in [0.29, 0.717) is 22.4 Å². The van der Waals surface area contributed by atoms with E-state index in [-0.39, 0.29) is 10.7 Å². The molecule has 0 atom stereocenters. The monoisotopic (exact) mass is 209 g/mol. The van der Waals surface area contributed by atoms with Gasteiger partial charge in [-0.3, -0.25) is 4.79 Å². The number of halogens is 1. The van der Waals surface area contributed by atoms with Crippen LogP contribution in [-0.2, 0) is 0 Å². The Morgan fingerprint density at radius 2 is 2.07 bits per heavy atom. The summed E-state index contributed by atoms with van der Waals surface area (Å²) in [6, 6.07) is 1.67. The molecule has 0 radical (unpaired) electrons. The largest absolute Gasteiger partial charge is 0.310 e. The van der Waals surface area contributed by atoms with Crippen molar-refractivity contribution < 1.29 is 0 Å². The van der Waals surface area contributed by atoms with Crippen LogP contribution in [0.5, 0.6) is 0 Å². The summed E-state index contributed by atoms with van der Waals surface area (Å²) in [5.74, 6) is 0.537. The van der Waals surface area contributed by atoms with Crippen molar-refractivity contribution in [3.8, 4) is 0 Å². The Morgan fingerprint density at radius 3 is 2.79 bits per heavy atom. The molecule has 14 heavy (non-hydrogen) atoms. The van der Waals surface area contributed by atoms with Gasteiger partial charge in [-0.1, -0.05) is 11.6 Å². The predicted octanol–water partition coefficient (Wildman–Crippen LogP) is 1.59. The summed E-state index contributed by atoms with van der Waals surface area (Å²) < 4.78 is 0. The highest BCUT2D eigenvalue weighted by atomic mass is 35.5. The summed E-state index contributed by atoms with van der Waals surface area (Å²) in [6.45, 7) is 3.49. The van der Waals surface area contributed by atoms with E-state index in [2.05, 4.69) is 15.0 Å². The van der Waals surface area contributed by atoms with E-state index < -0.39 is 0 Å². The van der Waals surface area contributed by atoms with Gasteiger partial charge in [0, 0.05) is 5.69 Å². The standard InChI is InChI=1S/C9H8ClN3O/c1-4-3-6-7(8(10)11-4)12-5(2)13-9(6)14/h3H,1-2H3,(H,12,13,14). The number of aryl methyl sites for hydroxylation is 2. The molecule has 0 aliphatic carbocycles. The van der Waals surface area contributed by atoms with Gasteiger partial charge in [-0.05, 0) is 19.9 Å². The second-order valence-electron chi connectivity index (χ2n) is 3.10. The van der Waals surface area contributed by atoms with E-state index in [4.69, 9.17) is 11.6 Å². The van der Waals surface area contributed by atoms with Gasteiger partial charge in [0.1, 0.15) is 11.3 Å². The lowest BCUT2D eigenvalue weighted by atomic mass is 10.2. The molecule has 4 nitrogen and oxygen atoms in total. The Kier molecular flexibility index (Phi) is 2.00. The Balaban J connectivity index is 3.02. The van der Waals surface area contributed by atoms with Crippen molar-refractivity contribution in [2.75, 3.05) is 0 Å². The van der Waals surface area contributed by atoms with Gasteiger partial charge in [-0.25, -0.2) is 9.97 Å². The molecule has 0 aromatic carbocycles. The molecule has 0 spiro atoms. The molecule has 5 heteroatoms. The summed E-state index contributed by atoms with van der Waals surface area (Å²) >= 11 is 5.88. The molecule has 0 aliphatic heterocycles. The smallest absolute Gasteiger partial charge is 0.258 e. The van der Waals surface area contributed by atoms with Gasteiger partial charge < -0.3 is 4.98 Å². The summed E-state index contributed by atoms with van der Waals surface area (Å²) in [4.78, 5) is 22.3. The minimum atomic E-state index is -0.181. The van der Waals surface area contributed by atoms with E-state index in [1.165, 1.54) is 0 Å². The lowest BCUT2D eigenvalue weighted by Gasteiger charge is -2.01. The highest BCUT2D eigenvalue weighted by molar-refractivity contribution is 6.33. The fourth-order valence-corrected chi connectivity index (χ4v) is 1.61. The van der Waals surface area contributed by atoms with Gasteiger partial charge in [0.15, 0.2) is 5.15 Å². The number of fused-ring (bicyclic) bond motifs is 1. The first-order valence-corrected chi connectivity index (χ1v) is 4.49. The number of nitrogens with one attached hydrogen (secondary N) is 1. The molecule has 2 rings (SSSR count). The quantitative estimate of drug-likeness (QED) is 0.671. The molecule has 72 valence electrons. The highest BCUT2D eigenvalue weighted by Crippen LogP contribution is 2.17. The van der Waals surface area contributed by atoms with Gasteiger partial charge in [-0.15, -0.1) is 0 Å². The Hall–Kier alpha value is -1.42. The van der Waals surface area contributed by atoms with E-state index in [1.54, 1.807) is 19.9 Å². The number of hydrogen-bond donors (Lipinski definition) is 1. The first kappa shape index (κ1) is 9.15. The molecule has 0 amide bonds. The normalized spacial score (nSPS) is 10.8. The SMILES string of the molecule is Cc1cc2c(=O)[nH]c(C)nc2c(Cl)n1. The number of rotatable bonds is 0. The Labute approximate surface area is 85.0 Å².